The lowest BCUT2D eigenvalue weighted by atomic mass is 10.2. The molecular weight excluding hydrogens is 276 g/mol. The van der Waals surface area contributed by atoms with Gasteiger partial charge in [0.1, 0.15) is 0 Å². The van der Waals surface area contributed by atoms with Crippen molar-refractivity contribution in [3.05, 3.63) is 50.1 Å². The molecule has 0 fully saturated rings. The number of aryl methyl sites for hydroxylation is 1. The standard InChI is InChI=1S/C13H16N4O4/c1-3-9-5-10(21-16-9)7-14-11(18)4-8-6-15-13(20)17(2)12(8)19/h5-6H,3-4,7H2,1-2H3,(H,14,18)(H,15,20). The second-order valence-electron chi connectivity index (χ2n) is 4.57. The largest absolute Gasteiger partial charge is 0.359 e. The van der Waals surface area contributed by atoms with E-state index in [0.29, 0.717) is 5.76 Å². The molecule has 0 spiro atoms. The molecule has 2 heterocycles. The van der Waals surface area contributed by atoms with E-state index in [0.717, 1.165) is 16.7 Å². The molecule has 0 unspecified atom stereocenters. The van der Waals surface area contributed by atoms with E-state index >= 15 is 0 Å². The number of H-pyrrole nitrogens is 1. The van der Waals surface area contributed by atoms with Crippen molar-refractivity contribution >= 4 is 5.91 Å². The van der Waals surface area contributed by atoms with Crippen molar-refractivity contribution in [1.29, 1.82) is 0 Å². The Morgan fingerprint density at radius 2 is 2.24 bits per heavy atom. The van der Waals surface area contributed by atoms with Crippen molar-refractivity contribution < 1.29 is 9.32 Å². The molecule has 2 rings (SSSR count). The number of carbonyl (C=O) groups is 1. The van der Waals surface area contributed by atoms with Gasteiger partial charge in [-0.2, -0.15) is 0 Å². The van der Waals surface area contributed by atoms with Crippen molar-refractivity contribution in [2.75, 3.05) is 0 Å². The zero-order valence-corrected chi connectivity index (χ0v) is 11.8. The molecule has 0 aromatic carbocycles. The third-order valence-electron chi connectivity index (χ3n) is 3.03. The number of nitrogens with one attached hydrogen (secondary N) is 2. The van der Waals surface area contributed by atoms with E-state index < -0.39 is 11.2 Å². The second-order valence-corrected chi connectivity index (χ2v) is 4.57. The Kier molecular flexibility index (Phi) is 4.36. The van der Waals surface area contributed by atoms with Crippen LogP contribution in [0.5, 0.6) is 0 Å². The quantitative estimate of drug-likeness (QED) is 0.770. The van der Waals surface area contributed by atoms with Gasteiger partial charge in [0.05, 0.1) is 18.7 Å². The van der Waals surface area contributed by atoms with Gasteiger partial charge in [-0.25, -0.2) is 4.79 Å². The number of aromatic amines is 1. The summed E-state index contributed by atoms with van der Waals surface area (Å²) in [5, 5.41) is 6.45. The Labute approximate surface area is 119 Å². The van der Waals surface area contributed by atoms with Crippen molar-refractivity contribution in [3.63, 3.8) is 0 Å². The van der Waals surface area contributed by atoms with E-state index in [1.54, 1.807) is 6.07 Å². The van der Waals surface area contributed by atoms with Crippen LogP contribution in [0.1, 0.15) is 23.9 Å². The molecule has 0 aliphatic carbocycles. The molecule has 0 bridgehead atoms. The van der Waals surface area contributed by atoms with E-state index in [9.17, 15) is 14.4 Å². The van der Waals surface area contributed by atoms with Crippen molar-refractivity contribution in [2.45, 2.75) is 26.3 Å². The summed E-state index contributed by atoms with van der Waals surface area (Å²) < 4.78 is 5.96. The van der Waals surface area contributed by atoms with E-state index in [4.69, 9.17) is 4.52 Å². The predicted molar refractivity (Wildman–Crippen MR) is 73.7 cm³/mol. The second kappa shape index (κ2) is 6.21. The molecule has 0 aliphatic rings. The molecule has 2 aromatic rings. The van der Waals surface area contributed by atoms with Gasteiger partial charge in [0, 0.05) is 24.9 Å². The summed E-state index contributed by atoms with van der Waals surface area (Å²) in [5.41, 5.74) is 0.0370. The van der Waals surface area contributed by atoms with Gasteiger partial charge in [0.2, 0.25) is 5.91 Å². The fraction of sp³-hybridized carbons (Fsp3) is 0.385. The first-order valence-electron chi connectivity index (χ1n) is 6.50. The van der Waals surface area contributed by atoms with Crippen LogP contribution in [0.15, 0.2) is 26.4 Å². The van der Waals surface area contributed by atoms with Gasteiger partial charge >= 0.3 is 5.69 Å². The average Bonchev–Trinajstić information content (AvgIpc) is 2.94. The van der Waals surface area contributed by atoms with Gasteiger partial charge in [0.25, 0.3) is 5.56 Å². The van der Waals surface area contributed by atoms with E-state index in [1.807, 2.05) is 6.92 Å². The Balaban J connectivity index is 1.97. The number of nitrogens with zero attached hydrogens (tertiary/aromatic N) is 2. The van der Waals surface area contributed by atoms with Gasteiger partial charge in [-0.3, -0.25) is 14.2 Å². The predicted octanol–water partition coefficient (Wildman–Crippen LogP) is -0.517. The Morgan fingerprint density at radius 3 is 2.90 bits per heavy atom. The fourth-order valence-electron chi connectivity index (χ4n) is 1.77. The van der Waals surface area contributed by atoms with Gasteiger partial charge in [-0.1, -0.05) is 12.1 Å². The van der Waals surface area contributed by atoms with Crippen LogP contribution >= 0.6 is 0 Å². The summed E-state index contributed by atoms with van der Waals surface area (Å²) >= 11 is 0. The number of carbonyl (C=O) groups excluding carboxylic acids is 1. The zero-order chi connectivity index (χ0) is 15.4. The third-order valence-corrected chi connectivity index (χ3v) is 3.03. The van der Waals surface area contributed by atoms with Crippen LogP contribution in [0, 0.1) is 0 Å². The van der Waals surface area contributed by atoms with Gasteiger partial charge in [-0.05, 0) is 6.42 Å². The lowest BCUT2D eigenvalue weighted by Gasteiger charge is -2.03. The van der Waals surface area contributed by atoms with Crippen molar-refractivity contribution in [1.82, 2.24) is 20.0 Å². The van der Waals surface area contributed by atoms with Gasteiger partial charge in [-0.15, -0.1) is 0 Å². The third kappa shape index (κ3) is 3.47. The Hall–Kier alpha value is -2.64. The smallest absolute Gasteiger partial charge is 0.328 e. The van der Waals surface area contributed by atoms with Gasteiger partial charge < -0.3 is 14.8 Å². The van der Waals surface area contributed by atoms with Gasteiger partial charge in [0.15, 0.2) is 5.76 Å². The summed E-state index contributed by atoms with van der Waals surface area (Å²) in [6, 6.07) is 1.76. The van der Waals surface area contributed by atoms with Crippen LogP contribution in [-0.2, 0) is 31.2 Å². The lowest BCUT2D eigenvalue weighted by molar-refractivity contribution is -0.120. The maximum Gasteiger partial charge on any atom is 0.328 e. The summed E-state index contributed by atoms with van der Waals surface area (Å²) in [6.45, 7) is 2.15. The molecule has 2 aromatic heterocycles. The average molecular weight is 292 g/mol. The SMILES string of the molecule is CCc1cc(CNC(=O)Cc2c[nH]c(=O)n(C)c2=O)on1. The number of hydrogen-bond donors (Lipinski definition) is 2. The van der Waals surface area contributed by atoms with Crippen LogP contribution < -0.4 is 16.6 Å². The lowest BCUT2D eigenvalue weighted by Crippen LogP contribution is -2.36. The van der Waals surface area contributed by atoms with Crippen LogP contribution in [-0.4, -0.2) is 20.6 Å². The van der Waals surface area contributed by atoms with Crippen molar-refractivity contribution in [3.8, 4) is 0 Å². The molecule has 0 aliphatic heterocycles. The van der Waals surface area contributed by atoms with Crippen LogP contribution in [0.2, 0.25) is 0 Å². The highest BCUT2D eigenvalue weighted by Crippen LogP contribution is 2.03. The van der Waals surface area contributed by atoms with Crippen LogP contribution in [0.4, 0.5) is 0 Å². The molecule has 0 saturated heterocycles. The fourth-order valence-corrected chi connectivity index (χ4v) is 1.77. The number of amides is 1. The highest BCUT2D eigenvalue weighted by molar-refractivity contribution is 5.78. The maximum absolute atomic E-state index is 11.8. The molecule has 21 heavy (non-hydrogen) atoms. The monoisotopic (exact) mass is 292 g/mol. The Morgan fingerprint density at radius 1 is 1.48 bits per heavy atom. The molecular formula is C13H16N4O4. The first-order valence-corrected chi connectivity index (χ1v) is 6.50. The summed E-state index contributed by atoms with van der Waals surface area (Å²) in [5.74, 6) is 0.211. The Bertz CT molecular complexity index is 756. The van der Waals surface area contributed by atoms with E-state index in [2.05, 4.69) is 15.5 Å². The molecule has 112 valence electrons. The number of hydrogen-bond acceptors (Lipinski definition) is 5. The molecule has 0 atom stereocenters. The highest BCUT2D eigenvalue weighted by atomic mass is 16.5. The minimum atomic E-state index is -0.516. The maximum atomic E-state index is 11.8. The minimum Gasteiger partial charge on any atom is -0.359 e. The molecule has 1 amide bonds. The summed E-state index contributed by atoms with van der Waals surface area (Å²) in [6.07, 6.45) is 1.90. The van der Waals surface area contributed by atoms with Crippen LogP contribution in [0.25, 0.3) is 0 Å². The first kappa shape index (κ1) is 14.8. The molecule has 2 N–H and O–H groups in total. The van der Waals surface area contributed by atoms with E-state index in [1.165, 1.54) is 13.2 Å². The van der Waals surface area contributed by atoms with E-state index in [-0.39, 0.29) is 24.4 Å². The number of rotatable bonds is 5. The molecule has 0 radical (unpaired) electrons. The minimum absolute atomic E-state index is 0.113. The number of aromatic nitrogens is 3. The molecule has 0 saturated carbocycles. The van der Waals surface area contributed by atoms with Crippen molar-refractivity contribution in [2.24, 2.45) is 7.05 Å². The van der Waals surface area contributed by atoms with Crippen LogP contribution in [0.3, 0.4) is 0 Å². The molecule has 8 nitrogen and oxygen atoms in total. The summed E-state index contributed by atoms with van der Waals surface area (Å²) in [7, 11) is 1.35. The summed E-state index contributed by atoms with van der Waals surface area (Å²) in [4.78, 5) is 37.2. The molecule has 8 heteroatoms. The normalized spacial score (nSPS) is 10.6. The first-order chi connectivity index (χ1) is 10.0. The topological polar surface area (TPSA) is 110 Å². The highest BCUT2D eigenvalue weighted by Gasteiger charge is 2.10. The zero-order valence-electron chi connectivity index (χ0n) is 11.8.